The molecular formula is C17H17ClN4O2. The van der Waals surface area contributed by atoms with Crippen molar-refractivity contribution in [3.63, 3.8) is 0 Å². The van der Waals surface area contributed by atoms with Gasteiger partial charge in [-0.1, -0.05) is 29.8 Å². The van der Waals surface area contributed by atoms with Crippen LogP contribution in [0.2, 0.25) is 5.02 Å². The number of halogens is 1. The van der Waals surface area contributed by atoms with Gasteiger partial charge in [-0.2, -0.15) is 0 Å². The van der Waals surface area contributed by atoms with E-state index in [1.807, 2.05) is 24.3 Å². The second kappa shape index (κ2) is 7.00. The Morgan fingerprint density at radius 3 is 2.58 bits per heavy atom. The third-order valence-corrected chi connectivity index (χ3v) is 4.16. The maximum absolute atomic E-state index is 12.4. The van der Waals surface area contributed by atoms with Gasteiger partial charge >= 0.3 is 0 Å². The molecule has 2 aromatic carbocycles. The number of benzene rings is 2. The van der Waals surface area contributed by atoms with Crippen molar-refractivity contribution in [3.05, 3.63) is 64.7 Å². The first-order valence-electron chi connectivity index (χ1n) is 7.50. The summed E-state index contributed by atoms with van der Waals surface area (Å²) >= 11 is 5.89. The first kappa shape index (κ1) is 16.4. The summed E-state index contributed by atoms with van der Waals surface area (Å²) in [5.41, 5.74) is 13.3. The zero-order chi connectivity index (χ0) is 17.1. The molecule has 5 N–H and O–H groups in total. The van der Waals surface area contributed by atoms with Crippen LogP contribution in [0.4, 0.5) is 5.69 Å². The van der Waals surface area contributed by atoms with Gasteiger partial charge in [-0.15, -0.1) is 0 Å². The molecule has 0 bridgehead atoms. The number of primary amides is 1. The number of amides is 2. The topological polar surface area (TPSA) is 96.2 Å². The average Bonchev–Trinajstić information content (AvgIpc) is 3.06. The third kappa shape index (κ3) is 3.73. The number of hydrazine groups is 1. The molecule has 24 heavy (non-hydrogen) atoms. The van der Waals surface area contributed by atoms with Gasteiger partial charge in [0, 0.05) is 22.3 Å². The molecule has 7 heteroatoms. The predicted molar refractivity (Wildman–Crippen MR) is 92.5 cm³/mol. The highest BCUT2D eigenvalue weighted by Crippen LogP contribution is 2.24. The number of anilines is 1. The molecule has 0 radical (unpaired) electrons. The van der Waals surface area contributed by atoms with Crippen LogP contribution in [0.15, 0.2) is 48.5 Å². The van der Waals surface area contributed by atoms with Crippen LogP contribution in [-0.4, -0.2) is 17.9 Å². The number of hydrogen-bond donors (Lipinski definition) is 4. The zero-order valence-electron chi connectivity index (χ0n) is 12.8. The van der Waals surface area contributed by atoms with E-state index in [0.29, 0.717) is 22.7 Å². The van der Waals surface area contributed by atoms with E-state index in [9.17, 15) is 9.59 Å². The number of nitrogens with two attached hydrogens (primary N) is 1. The molecule has 1 aliphatic heterocycles. The molecule has 124 valence electrons. The van der Waals surface area contributed by atoms with Crippen molar-refractivity contribution in [1.82, 2.24) is 10.9 Å². The number of rotatable bonds is 4. The molecule has 0 spiro atoms. The van der Waals surface area contributed by atoms with Crippen molar-refractivity contribution >= 4 is 29.1 Å². The highest BCUT2D eigenvalue weighted by atomic mass is 35.5. The van der Waals surface area contributed by atoms with Gasteiger partial charge in [0.15, 0.2) is 0 Å². The quantitative estimate of drug-likeness (QED) is 0.682. The first-order valence-corrected chi connectivity index (χ1v) is 7.88. The van der Waals surface area contributed by atoms with E-state index in [2.05, 4.69) is 16.2 Å². The monoisotopic (exact) mass is 344 g/mol. The van der Waals surface area contributed by atoms with Gasteiger partial charge in [-0.3, -0.25) is 9.59 Å². The summed E-state index contributed by atoms with van der Waals surface area (Å²) in [7, 11) is 0. The molecule has 1 fully saturated rings. The van der Waals surface area contributed by atoms with E-state index in [1.165, 1.54) is 0 Å². The molecule has 0 aliphatic carbocycles. The molecule has 3 rings (SSSR count). The summed E-state index contributed by atoms with van der Waals surface area (Å²) in [4.78, 5) is 23.6. The molecule has 6 nitrogen and oxygen atoms in total. The summed E-state index contributed by atoms with van der Waals surface area (Å²) in [5.74, 6) is -0.713. The van der Waals surface area contributed by atoms with Crippen molar-refractivity contribution in [1.29, 1.82) is 0 Å². The van der Waals surface area contributed by atoms with Crippen LogP contribution in [0.5, 0.6) is 0 Å². The van der Waals surface area contributed by atoms with Gasteiger partial charge < -0.3 is 11.1 Å². The van der Waals surface area contributed by atoms with E-state index in [1.54, 1.807) is 24.3 Å². The molecule has 2 amide bonds. The standard InChI is InChI=1S/C17H17ClN4O2/c18-12-6-4-10(5-7-12)14-9-15(22-21-14)17(24)20-13-3-1-2-11(8-13)16(19)23/h1-8,14-15,21-22H,9H2,(H2,19,23)(H,20,24). The van der Waals surface area contributed by atoms with Crippen molar-refractivity contribution < 1.29 is 9.59 Å². The Morgan fingerprint density at radius 1 is 1.12 bits per heavy atom. The summed E-state index contributed by atoms with van der Waals surface area (Å²) in [6.45, 7) is 0. The highest BCUT2D eigenvalue weighted by Gasteiger charge is 2.30. The largest absolute Gasteiger partial charge is 0.366 e. The van der Waals surface area contributed by atoms with Crippen LogP contribution in [0, 0.1) is 0 Å². The van der Waals surface area contributed by atoms with Crippen molar-refractivity contribution in [2.24, 2.45) is 5.73 Å². The molecule has 2 unspecified atom stereocenters. The van der Waals surface area contributed by atoms with Crippen molar-refractivity contribution in [2.45, 2.75) is 18.5 Å². The van der Waals surface area contributed by atoms with E-state index in [0.717, 1.165) is 5.56 Å². The van der Waals surface area contributed by atoms with Gasteiger partial charge in [-0.25, -0.2) is 10.9 Å². The predicted octanol–water partition coefficient (Wildman–Crippen LogP) is 1.99. The van der Waals surface area contributed by atoms with E-state index < -0.39 is 5.91 Å². The van der Waals surface area contributed by atoms with Crippen LogP contribution in [-0.2, 0) is 4.79 Å². The Kier molecular flexibility index (Phi) is 4.80. The van der Waals surface area contributed by atoms with Gasteiger partial charge in [0.2, 0.25) is 11.8 Å². The average molecular weight is 345 g/mol. The lowest BCUT2D eigenvalue weighted by Gasteiger charge is -2.11. The molecule has 0 saturated carbocycles. The normalized spacial score (nSPS) is 19.9. The fourth-order valence-corrected chi connectivity index (χ4v) is 2.75. The molecule has 1 saturated heterocycles. The molecule has 2 atom stereocenters. The number of carbonyl (C=O) groups excluding carboxylic acids is 2. The molecule has 1 heterocycles. The summed E-state index contributed by atoms with van der Waals surface area (Å²) < 4.78 is 0. The third-order valence-electron chi connectivity index (χ3n) is 3.91. The van der Waals surface area contributed by atoms with Gasteiger partial charge in [-0.05, 0) is 42.3 Å². The molecular weight excluding hydrogens is 328 g/mol. The van der Waals surface area contributed by atoms with Gasteiger partial charge in [0.25, 0.3) is 0 Å². The fourth-order valence-electron chi connectivity index (χ4n) is 2.62. The lowest BCUT2D eigenvalue weighted by Crippen LogP contribution is -2.39. The first-order chi connectivity index (χ1) is 11.5. The van der Waals surface area contributed by atoms with Crippen molar-refractivity contribution in [3.8, 4) is 0 Å². The maximum Gasteiger partial charge on any atom is 0.248 e. The summed E-state index contributed by atoms with van der Waals surface area (Å²) in [6.07, 6.45) is 0.600. The van der Waals surface area contributed by atoms with E-state index in [4.69, 9.17) is 17.3 Å². The van der Waals surface area contributed by atoms with Crippen molar-refractivity contribution in [2.75, 3.05) is 5.32 Å². The minimum atomic E-state index is -0.533. The lowest BCUT2D eigenvalue weighted by atomic mass is 10.0. The van der Waals surface area contributed by atoms with Gasteiger partial charge in [0.1, 0.15) is 6.04 Å². The fraction of sp³-hybridized carbons (Fsp3) is 0.176. The van der Waals surface area contributed by atoms with E-state index in [-0.39, 0.29) is 18.0 Å². The Morgan fingerprint density at radius 2 is 1.88 bits per heavy atom. The Hall–Kier alpha value is -2.41. The Balaban J connectivity index is 1.63. The maximum atomic E-state index is 12.4. The van der Waals surface area contributed by atoms with Crippen LogP contribution in [0.1, 0.15) is 28.4 Å². The van der Waals surface area contributed by atoms with Crippen LogP contribution < -0.4 is 21.9 Å². The summed E-state index contributed by atoms with van der Waals surface area (Å²) in [5, 5.41) is 3.46. The second-order valence-electron chi connectivity index (χ2n) is 5.62. The summed E-state index contributed by atoms with van der Waals surface area (Å²) in [6, 6.07) is 13.7. The van der Waals surface area contributed by atoms with Crippen LogP contribution in [0.3, 0.4) is 0 Å². The number of hydrogen-bond acceptors (Lipinski definition) is 4. The lowest BCUT2D eigenvalue weighted by molar-refractivity contribution is -0.117. The van der Waals surface area contributed by atoms with Crippen LogP contribution >= 0.6 is 11.6 Å². The minimum absolute atomic E-state index is 0.0231. The smallest absolute Gasteiger partial charge is 0.248 e. The Labute approximate surface area is 144 Å². The Bertz CT molecular complexity index is 763. The molecule has 1 aliphatic rings. The van der Waals surface area contributed by atoms with Crippen LogP contribution in [0.25, 0.3) is 0 Å². The zero-order valence-corrected chi connectivity index (χ0v) is 13.5. The van der Waals surface area contributed by atoms with E-state index >= 15 is 0 Å². The molecule has 2 aromatic rings. The number of carbonyl (C=O) groups is 2. The minimum Gasteiger partial charge on any atom is -0.366 e. The number of nitrogens with one attached hydrogen (secondary N) is 3. The molecule has 0 aromatic heterocycles. The SMILES string of the molecule is NC(=O)c1cccc(NC(=O)C2CC(c3ccc(Cl)cc3)NN2)c1. The van der Waals surface area contributed by atoms with Gasteiger partial charge in [0.05, 0.1) is 0 Å². The highest BCUT2D eigenvalue weighted by molar-refractivity contribution is 6.30. The second-order valence-corrected chi connectivity index (χ2v) is 6.05.